The van der Waals surface area contributed by atoms with Gasteiger partial charge < -0.3 is 0 Å². The SMILES string of the molecule is CC.C[N+](=O)[O-].Sc1ccccc1. The van der Waals surface area contributed by atoms with E-state index in [-0.39, 0.29) is 0 Å². The Morgan fingerprint density at radius 2 is 1.54 bits per heavy atom. The topological polar surface area (TPSA) is 43.1 Å². The molecular formula is C9H15NO2S. The standard InChI is InChI=1S/C6H6S.C2H6.CH3NO2/c7-6-4-2-1-3-5-6;1-2;1-2(3)4/h1-5,7H;1-2H3;1H3. The Morgan fingerprint density at radius 1 is 1.23 bits per heavy atom. The minimum atomic E-state index is -0.500. The molecule has 0 aliphatic carbocycles. The molecule has 0 fully saturated rings. The molecule has 3 nitrogen and oxygen atoms in total. The number of thiol groups is 1. The predicted octanol–water partition coefficient (Wildman–Crippen LogP) is 2.89. The number of benzene rings is 1. The first-order valence-electron chi connectivity index (χ1n) is 3.95. The summed E-state index contributed by atoms with van der Waals surface area (Å²) in [5.41, 5.74) is 0. The van der Waals surface area contributed by atoms with Crippen molar-refractivity contribution in [2.45, 2.75) is 18.7 Å². The monoisotopic (exact) mass is 201 g/mol. The number of nitro groups is 1. The first-order valence-corrected chi connectivity index (χ1v) is 4.39. The van der Waals surface area contributed by atoms with Crippen LogP contribution in [0.2, 0.25) is 0 Å². The van der Waals surface area contributed by atoms with Crippen molar-refractivity contribution in [3.05, 3.63) is 40.4 Å². The summed E-state index contributed by atoms with van der Waals surface area (Å²) < 4.78 is 0. The van der Waals surface area contributed by atoms with E-state index in [0.717, 1.165) is 11.9 Å². The van der Waals surface area contributed by atoms with Crippen molar-refractivity contribution in [3.63, 3.8) is 0 Å². The highest BCUT2D eigenvalue weighted by atomic mass is 32.1. The van der Waals surface area contributed by atoms with Crippen molar-refractivity contribution in [1.29, 1.82) is 0 Å². The van der Waals surface area contributed by atoms with Crippen LogP contribution in [-0.4, -0.2) is 12.0 Å². The second-order valence-corrected chi connectivity index (χ2v) is 2.29. The molecule has 0 aliphatic rings. The summed E-state index contributed by atoms with van der Waals surface area (Å²) in [6.07, 6.45) is 0. The van der Waals surface area contributed by atoms with Gasteiger partial charge in [-0.15, -0.1) is 12.6 Å². The van der Waals surface area contributed by atoms with Crippen LogP contribution in [0.1, 0.15) is 13.8 Å². The molecule has 1 rings (SSSR count). The molecule has 0 bridgehead atoms. The van der Waals surface area contributed by atoms with Crippen molar-refractivity contribution in [1.82, 2.24) is 0 Å². The highest BCUT2D eigenvalue weighted by Gasteiger charge is 1.73. The Labute approximate surface area is 84.3 Å². The van der Waals surface area contributed by atoms with Crippen LogP contribution in [-0.2, 0) is 0 Å². The van der Waals surface area contributed by atoms with E-state index in [1.807, 2.05) is 44.2 Å². The molecule has 0 saturated heterocycles. The van der Waals surface area contributed by atoms with Crippen LogP contribution in [0.25, 0.3) is 0 Å². The third-order valence-corrected chi connectivity index (χ3v) is 1.05. The molecule has 13 heavy (non-hydrogen) atoms. The van der Waals surface area contributed by atoms with Gasteiger partial charge in [0.2, 0.25) is 0 Å². The molecule has 0 spiro atoms. The summed E-state index contributed by atoms with van der Waals surface area (Å²) in [6, 6.07) is 9.79. The molecule has 1 aromatic carbocycles. The number of hydrogen-bond acceptors (Lipinski definition) is 3. The summed E-state index contributed by atoms with van der Waals surface area (Å²) in [7, 11) is 0.889. The van der Waals surface area contributed by atoms with Crippen LogP contribution in [0.15, 0.2) is 35.2 Å². The van der Waals surface area contributed by atoms with E-state index < -0.39 is 4.92 Å². The minimum Gasteiger partial charge on any atom is -0.265 e. The lowest BCUT2D eigenvalue weighted by Gasteiger charge is -1.81. The highest BCUT2D eigenvalue weighted by Crippen LogP contribution is 2.00. The average molecular weight is 201 g/mol. The van der Waals surface area contributed by atoms with Crippen LogP contribution in [0.3, 0.4) is 0 Å². The first kappa shape index (κ1) is 14.5. The summed E-state index contributed by atoms with van der Waals surface area (Å²) in [4.78, 5) is 9.32. The Hall–Kier alpha value is -1.03. The average Bonchev–Trinajstić information content (AvgIpc) is 2.08. The fourth-order valence-electron chi connectivity index (χ4n) is 0.428. The van der Waals surface area contributed by atoms with Crippen LogP contribution >= 0.6 is 12.6 Å². The molecule has 4 heteroatoms. The number of rotatable bonds is 0. The van der Waals surface area contributed by atoms with Gasteiger partial charge in [0.1, 0.15) is 0 Å². The minimum absolute atomic E-state index is 0.500. The molecule has 0 aromatic heterocycles. The van der Waals surface area contributed by atoms with Gasteiger partial charge in [-0.2, -0.15) is 0 Å². The van der Waals surface area contributed by atoms with Crippen molar-refractivity contribution in [2.75, 3.05) is 7.05 Å². The van der Waals surface area contributed by atoms with Gasteiger partial charge in [-0.05, 0) is 12.1 Å². The van der Waals surface area contributed by atoms with Crippen molar-refractivity contribution >= 4 is 12.6 Å². The number of nitrogens with zero attached hydrogens (tertiary/aromatic N) is 1. The Kier molecular flexibility index (Phi) is 12.2. The van der Waals surface area contributed by atoms with Crippen molar-refractivity contribution in [2.24, 2.45) is 0 Å². The Balaban J connectivity index is 0. The molecular weight excluding hydrogens is 186 g/mol. The van der Waals surface area contributed by atoms with Gasteiger partial charge in [-0.3, -0.25) is 10.1 Å². The van der Waals surface area contributed by atoms with E-state index in [1.165, 1.54) is 0 Å². The number of hydrogen-bond donors (Lipinski definition) is 1. The van der Waals surface area contributed by atoms with Crippen LogP contribution in [0.5, 0.6) is 0 Å². The van der Waals surface area contributed by atoms with E-state index in [0.29, 0.717) is 0 Å². The lowest BCUT2D eigenvalue weighted by atomic mass is 10.4. The third kappa shape index (κ3) is 18.2. The summed E-state index contributed by atoms with van der Waals surface area (Å²) >= 11 is 4.08. The van der Waals surface area contributed by atoms with Gasteiger partial charge in [0.15, 0.2) is 7.05 Å². The van der Waals surface area contributed by atoms with E-state index >= 15 is 0 Å². The molecule has 0 aliphatic heterocycles. The zero-order valence-corrected chi connectivity index (χ0v) is 8.99. The van der Waals surface area contributed by atoms with Gasteiger partial charge in [-0.25, -0.2) is 0 Å². The van der Waals surface area contributed by atoms with Gasteiger partial charge in [-0.1, -0.05) is 32.0 Å². The maximum Gasteiger partial charge on any atom is 0.194 e. The highest BCUT2D eigenvalue weighted by molar-refractivity contribution is 7.80. The molecule has 0 radical (unpaired) electrons. The molecule has 0 N–H and O–H groups in total. The largest absolute Gasteiger partial charge is 0.265 e. The summed E-state index contributed by atoms with van der Waals surface area (Å²) in [5, 5.41) is 8.81. The van der Waals surface area contributed by atoms with Crippen molar-refractivity contribution in [3.8, 4) is 0 Å². The predicted molar refractivity (Wildman–Crippen MR) is 58.0 cm³/mol. The zero-order valence-electron chi connectivity index (χ0n) is 8.10. The van der Waals surface area contributed by atoms with Gasteiger partial charge in [0.25, 0.3) is 0 Å². The van der Waals surface area contributed by atoms with Crippen molar-refractivity contribution < 1.29 is 4.92 Å². The quantitative estimate of drug-likeness (QED) is 0.398. The molecule has 0 amide bonds. The fraction of sp³-hybridized carbons (Fsp3) is 0.333. The zero-order chi connectivity index (χ0) is 10.7. The molecule has 0 saturated carbocycles. The third-order valence-electron chi connectivity index (χ3n) is 0.756. The summed E-state index contributed by atoms with van der Waals surface area (Å²) in [5.74, 6) is 0. The molecule has 74 valence electrons. The second-order valence-electron chi connectivity index (χ2n) is 1.78. The van der Waals surface area contributed by atoms with Gasteiger partial charge >= 0.3 is 0 Å². The molecule has 0 atom stereocenters. The Bertz CT molecular complexity index is 210. The van der Waals surface area contributed by atoms with Gasteiger partial charge in [0, 0.05) is 9.82 Å². The normalized spacial score (nSPS) is 7.08. The summed E-state index contributed by atoms with van der Waals surface area (Å²) in [6.45, 7) is 4.00. The molecule has 0 unspecified atom stereocenters. The maximum absolute atomic E-state index is 8.81. The Morgan fingerprint density at radius 3 is 1.69 bits per heavy atom. The fourth-order valence-corrected chi connectivity index (χ4v) is 0.600. The molecule has 0 heterocycles. The van der Waals surface area contributed by atoms with E-state index in [1.54, 1.807) is 0 Å². The van der Waals surface area contributed by atoms with Crippen LogP contribution in [0, 0.1) is 10.1 Å². The smallest absolute Gasteiger partial charge is 0.194 e. The maximum atomic E-state index is 8.81. The van der Waals surface area contributed by atoms with E-state index in [9.17, 15) is 0 Å². The van der Waals surface area contributed by atoms with E-state index in [2.05, 4.69) is 12.6 Å². The second kappa shape index (κ2) is 11.0. The lowest BCUT2D eigenvalue weighted by molar-refractivity contribution is -0.445. The van der Waals surface area contributed by atoms with E-state index in [4.69, 9.17) is 10.1 Å². The lowest BCUT2D eigenvalue weighted by Crippen LogP contribution is -1.79. The van der Waals surface area contributed by atoms with Crippen LogP contribution in [0.4, 0.5) is 0 Å². The first-order chi connectivity index (χ1) is 6.13. The van der Waals surface area contributed by atoms with Crippen LogP contribution < -0.4 is 0 Å². The van der Waals surface area contributed by atoms with Gasteiger partial charge in [0.05, 0.1) is 0 Å². The molecule has 1 aromatic rings.